The molecule has 1 aliphatic heterocycles. The summed E-state index contributed by atoms with van der Waals surface area (Å²) in [6, 6.07) is 5.34. The summed E-state index contributed by atoms with van der Waals surface area (Å²) in [7, 11) is -7.18. The summed E-state index contributed by atoms with van der Waals surface area (Å²) < 4.78 is 54.1. The van der Waals surface area contributed by atoms with Crippen molar-refractivity contribution in [3.63, 3.8) is 0 Å². The third-order valence-electron chi connectivity index (χ3n) is 4.61. The van der Waals surface area contributed by atoms with Crippen LogP contribution in [-0.2, 0) is 20.0 Å². The molecule has 1 aliphatic rings. The third-order valence-corrected chi connectivity index (χ3v) is 8.13. The van der Waals surface area contributed by atoms with E-state index in [9.17, 15) is 16.8 Å². The van der Waals surface area contributed by atoms with Crippen LogP contribution < -0.4 is 4.72 Å². The van der Waals surface area contributed by atoms with Crippen LogP contribution in [-0.4, -0.2) is 40.3 Å². The molecule has 1 N–H and O–H groups in total. The van der Waals surface area contributed by atoms with E-state index in [1.807, 2.05) is 6.92 Å². The van der Waals surface area contributed by atoms with Crippen LogP contribution in [0, 0.1) is 5.92 Å². The van der Waals surface area contributed by atoms with Crippen molar-refractivity contribution in [1.82, 2.24) is 9.03 Å². The molecular weight excluding hydrogens is 372 g/mol. The summed E-state index contributed by atoms with van der Waals surface area (Å²) in [5, 5.41) is 0. The van der Waals surface area contributed by atoms with Gasteiger partial charge in [0.2, 0.25) is 20.0 Å². The Hall–Kier alpha value is -0.960. The van der Waals surface area contributed by atoms with Crippen molar-refractivity contribution in [3.8, 4) is 0 Å². The fraction of sp³-hybridized carbons (Fsp3) is 0.667. The lowest BCUT2D eigenvalue weighted by atomic mass is 10.0. The maximum absolute atomic E-state index is 12.5. The van der Waals surface area contributed by atoms with Gasteiger partial charge in [-0.3, -0.25) is 0 Å². The lowest BCUT2D eigenvalue weighted by Crippen LogP contribution is -2.32. The van der Waals surface area contributed by atoms with Crippen LogP contribution in [0.1, 0.15) is 52.9 Å². The summed E-state index contributed by atoms with van der Waals surface area (Å²) in [6.45, 7) is 7.19. The monoisotopic (exact) mass is 402 g/mol. The number of benzene rings is 1. The molecule has 0 amide bonds. The Bertz CT molecular complexity index is 781. The maximum Gasteiger partial charge on any atom is 0.243 e. The van der Waals surface area contributed by atoms with Crippen molar-refractivity contribution in [2.75, 3.05) is 13.1 Å². The molecule has 26 heavy (non-hydrogen) atoms. The summed E-state index contributed by atoms with van der Waals surface area (Å²) in [5.74, 6) is 0.601. The van der Waals surface area contributed by atoms with Gasteiger partial charge in [-0.25, -0.2) is 21.6 Å². The fourth-order valence-corrected chi connectivity index (χ4v) is 5.89. The second-order valence-electron chi connectivity index (χ2n) is 7.43. The van der Waals surface area contributed by atoms with Gasteiger partial charge in [-0.05, 0) is 56.4 Å². The van der Waals surface area contributed by atoms with Crippen molar-refractivity contribution >= 4 is 20.0 Å². The van der Waals surface area contributed by atoms with Gasteiger partial charge in [-0.2, -0.15) is 4.31 Å². The Labute approximate surface area is 158 Å². The SMILES string of the molecule is CC(C)CCC[C@H](C)NS(=O)(=O)c1ccc(S(=O)(=O)N2CCCC2)cc1. The van der Waals surface area contributed by atoms with Crippen molar-refractivity contribution in [2.45, 2.75) is 68.7 Å². The van der Waals surface area contributed by atoms with Gasteiger partial charge < -0.3 is 0 Å². The van der Waals surface area contributed by atoms with Gasteiger partial charge in [0.05, 0.1) is 9.79 Å². The first-order chi connectivity index (χ1) is 12.1. The third kappa shape index (κ3) is 5.52. The molecule has 2 rings (SSSR count). The van der Waals surface area contributed by atoms with Crippen LogP contribution in [0.4, 0.5) is 0 Å². The van der Waals surface area contributed by atoms with Gasteiger partial charge in [0.1, 0.15) is 0 Å². The van der Waals surface area contributed by atoms with Crippen molar-refractivity contribution in [3.05, 3.63) is 24.3 Å². The van der Waals surface area contributed by atoms with Gasteiger partial charge >= 0.3 is 0 Å². The molecule has 0 spiro atoms. The molecule has 1 aromatic rings. The number of hydrogen-bond acceptors (Lipinski definition) is 4. The minimum absolute atomic E-state index is 0.0913. The zero-order chi connectivity index (χ0) is 19.4. The number of hydrogen-bond donors (Lipinski definition) is 1. The molecule has 0 radical (unpaired) electrons. The van der Waals surface area contributed by atoms with Crippen LogP contribution in [0.25, 0.3) is 0 Å². The van der Waals surface area contributed by atoms with Crippen LogP contribution in [0.2, 0.25) is 0 Å². The Morgan fingerprint density at radius 1 is 0.923 bits per heavy atom. The number of nitrogens with zero attached hydrogens (tertiary/aromatic N) is 1. The average molecular weight is 403 g/mol. The Kier molecular flexibility index (Phi) is 7.24. The normalized spacial score (nSPS) is 17.7. The first-order valence-corrected chi connectivity index (χ1v) is 12.2. The molecular formula is C18H30N2O4S2. The molecule has 1 atom stereocenters. The average Bonchev–Trinajstić information content (AvgIpc) is 3.09. The van der Waals surface area contributed by atoms with Gasteiger partial charge in [0.25, 0.3) is 0 Å². The van der Waals surface area contributed by atoms with E-state index in [0.717, 1.165) is 32.1 Å². The zero-order valence-electron chi connectivity index (χ0n) is 15.8. The zero-order valence-corrected chi connectivity index (χ0v) is 17.4. The number of rotatable bonds is 9. The quantitative estimate of drug-likeness (QED) is 0.688. The first kappa shape index (κ1) is 21.3. The Balaban J connectivity index is 2.04. The highest BCUT2D eigenvalue weighted by molar-refractivity contribution is 7.89. The maximum atomic E-state index is 12.5. The lowest BCUT2D eigenvalue weighted by Gasteiger charge is -2.17. The second-order valence-corrected chi connectivity index (χ2v) is 11.1. The topological polar surface area (TPSA) is 83.5 Å². The predicted molar refractivity (Wildman–Crippen MR) is 103 cm³/mol. The Morgan fingerprint density at radius 3 is 2.00 bits per heavy atom. The van der Waals surface area contributed by atoms with Crippen molar-refractivity contribution < 1.29 is 16.8 Å². The van der Waals surface area contributed by atoms with Crippen LogP contribution in [0.3, 0.4) is 0 Å². The molecule has 0 bridgehead atoms. The minimum Gasteiger partial charge on any atom is -0.208 e. The van der Waals surface area contributed by atoms with Crippen LogP contribution >= 0.6 is 0 Å². The standard InChI is InChI=1S/C18H30N2O4S2/c1-15(2)7-6-8-16(3)19-25(21,22)17-9-11-18(12-10-17)26(23,24)20-13-4-5-14-20/h9-12,15-16,19H,4-8,13-14H2,1-3H3/t16-/m0/s1. The Morgan fingerprint density at radius 2 is 1.46 bits per heavy atom. The molecule has 0 aliphatic carbocycles. The molecule has 8 heteroatoms. The van der Waals surface area contributed by atoms with E-state index < -0.39 is 20.0 Å². The van der Waals surface area contributed by atoms with E-state index in [4.69, 9.17) is 0 Å². The van der Waals surface area contributed by atoms with Gasteiger partial charge in [0, 0.05) is 19.1 Å². The molecule has 0 aromatic heterocycles. The molecule has 0 saturated carbocycles. The highest BCUT2D eigenvalue weighted by Crippen LogP contribution is 2.22. The summed E-state index contributed by atoms with van der Waals surface area (Å²) >= 11 is 0. The highest BCUT2D eigenvalue weighted by atomic mass is 32.2. The number of sulfonamides is 2. The molecule has 1 fully saturated rings. The predicted octanol–water partition coefficient (Wildman–Crippen LogP) is 2.96. The minimum atomic E-state index is -3.65. The molecule has 148 valence electrons. The highest BCUT2D eigenvalue weighted by Gasteiger charge is 2.27. The fourth-order valence-electron chi connectivity index (χ4n) is 3.09. The van der Waals surface area contributed by atoms with E-state index in [-0.39, 0.29) is 15.8 Å². The smallest absolute Gasteiger partial charge is 0.208 e. The first-order valence-electron chi connectivity index (χ1n) is 9.25. The largest absolute Gasteiger partial charge is 0.243 e. The van der Waals surface area contributed by atoms with Crippen molar-refractivity contribution in [2.24, 2.45) is 5.92 Å². The van der Waals surface area contributed by atoms with Gasteiger partial charge in [-0.1, -0.05) is 26.7 Å². The molecule has 1 saturated heterocycles. The van der Waals surface area contributed by atoms with E-state index in [2.05, 4.69) is 18.6 Å². The lowest BCUT2D eigenvalue weighted by molar-refractivity contribution is 0.477. The van der Waals surface area contributed by atoms with E-state index in [1.165, 1.54) is 28.6 Å². The summed E-state index contributed by atoms with van der Waals surface area (Å²) in [4.78, 5) is 0.233. The molecule has 1 aromatic carbocycles. The number of nitrogens with one attached hydrogen (secondary N) is 1. The van der Waals surface area contributed by atoms with E-state index >= 15 is 0 Å². The summed E-state index contributed by atoms with van der Waals surface area (Å²) in [6.07, 6.45) is 4.54. The molecule has 6 nitrogen and oxygen atoms in total. The van der Waals surface area contributed by atoms with E-state index in [1.54, 1.807) is 0 Å². The molecule has 1 heterocycles. The van der Waals surface area contributed by atoms with Crippen LogP contribution in [0.5, 0.6) is 0 Å². The molecule has 0 unspecified atom stereocenters. The van der Waals surface area contributed by atoms with E-state index in [0.29, 0.717) is 19.0 Å². The van der Waals surface area contributed by atoms with Gasteiger partial charge in [0.15, 0.2) is 0 Å². The van der Waals surface area contributed by atoms with Gasteiger partial charge in [-0.15, -0.1) is 0 Å². The second kappa shape index (κ2) is 8.82. The van der Waals surface area contributed by atoms with Crippen molar-refractivity contribution in [1.29, 1.82) is 0 Å². The summed E-state index contributed by atoms with van der Waals surface area (Å²) in [5.41, 5.74) is 0. The van der Waals surface area contributed by atoms with Crippen LogP contribution in [0.15, 0.2) is 34.1 Å².